The number of non-ortho nitro benzene ring substituents is 1. The molecule has 3 aromatic rings. The highest BCUT2D eigenvalue weighted by molar-refractivity contribution is 5.87. The number of benzene rings is 2. The van der Waals surface area contributed by atoms with Gasteiger partial charge in [0.1, 0.15) is 17.9 Å². The van der Waals surface area contributed by atoms with E-state index in [4.69, 9.17) is 13.9 Å². The van der Waals surface area contributed by atoms with Crippen LogP contribution in [0.2, 0.25) is 0 Å². The molecule has 142 valence electrons. The fourth-order valence-corrected chi connectivity index (χ4v) is 2.53. The first-order valence-corrected chi connectivity index (χ1v) is 8.16. The molecule has 1 aromatic heterocycles. The topological polar surface area (TPSA) is 109 Å². The van der Waals surface area contributed by atoms with Crippen molar-refractivity contribution >= 4 is 28.7 Å². The summed E-state index contributed by atoms with van der Waals surface area (Å²) in [5, 5.41) is 11.3. The Morgan fingerprint density at radius 1 is 1.18 bits per heavy atom. The van der Waals surface area contributed by atoms with Crippen LogP contribution in [0.25, 0.3) is 17.0 Å². The van der Waals surface area contributed by atoms with Gasteiger partial charge in [0.2, 0.25) is 0 Å². The number of ether oxygens (including phenoxy) is 2. The van der Waals surface area contributed by atoms with E-state index < -0.39 is 16.5 Å². The third-order valence-corrected chi connectivity index (χ3v) is 3.92. The van der Waals surface area contributed by atoms with Crippen LogP contribution >= 0.6 is 0 Å². The highest BCUT2D eigenvalue weighted by Crippen LogP contribution is 2.23. The summed E-state index contributed by atoms with van der Waals surface area (Å²) in [5.74, 6) is -0.0796. The first kappa shape index (κ1) is 18.8. The minimum Gasteiger partial charge on any atom is -0.497 e. The van der Waals surface area contributed by atoms with Gasteiger partial charge in [0.25, 0.3) is 5.69 Å². The molecule has 0 bridgehead atoms. The Balaban J connectivity index is 1.70. The maximum atomic E-state index is 11.9. The zero-order valence-electron chi connectivity index (χ0n) is 14.8. The summed E-state index contributed by atoms with van der Waals surface area (Å²) >= 11 is 0. The Hall–Kier alpha value is -3.94. The third kappa shape index (κ3) is 4.42. The maximum Gasteiger partial charge on any atom is 0.336 e. The van der Waals surface area contributed by atoms with Gasteiger partial charge in [-0.25, -0.2) is 9.59 Å². The Bertz CT molecular complexity index is 1110. The van der Waals surface area contributed by atoms with Crippen molar-refractivity contribution in [2.24, 2.45) is 0 Å². The predicted molar refractivity (Wildman–Crippen MR) is 101 cm³/mol. The molecule has 0 saturated carbocycles. The number of nitrogens with zero attached hydrogens (tertiary/aromatic N) is 1. The third-order valence-electron chi connectivity index (χ3n) is 3.92. The number of fused-ring (bicyclic) bond motifs is 1. The van der Waals surface area contributed by atoms with E-state index in [0.29, 0.717) is 27.8 Å². The van der Waals surface area contributed by atoms with E-state index >= 15 is 0 Å². The molecule has 0 spiro atoms. The van der Waals surface area contributed by atoms with Crippen molar-refractivity contribution in [1.29, 1.82) is 0 Å². The number of carbonyl (C=O) groups is 1. The number of hydrogen-bond acceptors (Lipinski definition) is 7. The monoisotopic (exact) mass is 381 g/mol. The van der Waals surface area contributed by atoms with Crippen LogP contribution in [0.15, 0.2) is 63.8 Å². The van der Waals surface area contributed by atoms with Gasteiger partial charge in [-0.15, -0.1) is 0 Å². The average molecular weight is 381 g/mol. The summed E-state index contributed by atoms with van der Waals surface area (Å²) in [6.07, 6.45) is 2.69. The second kappa shape index (κ2) is 8.17. The lowest BCUT2D eigenvalue weighted by Gasteiger charge is -2.07. The maximum absolute atomic E-state index is 11.9. The van der Waals surface area contributed by atoms with E-state index in [1.54, 1.807) is 18.2 Å². The Morgan fingerprint density at radius 2 is 1.93 bits per heavy atom. The van der Waals surface area contributed by atoms with Crippen LogP contribution in [0.4, 0.5) is 5.69 Å². The molecule has 0 N–H and O–H groups in total. The van der Waals surface area contributed by atoms with E-state index in [1.165, 1.54) is 49.6 Å². The van der Waals surface area contributed by atoms with E-state index in [0.717, 1.165) is 0 Å². The lowest BCUT2D eigenvalue weighted by Crippen LogP contribution is -2.05. The Morgan fingerprint density at radius 3 is 2.61 bits per heavy atom. The van der Waals surface area contributed by atoms with Gasteiger partial charge in [-0.3, -0.25) is 10.1 Å². The molecular weight excluding hydrogens is 366 g/mol. The van der Waals surface area contributed by atoms with Crippen LogP contribution in [0.5, 0.6) is 5.75 Å². The lowest BCUT2D eigenvalue weighted by atomic mass is 10.1. The Labute approximate surface area is 158 Å². The van der Waals surface area contributed by atoms with E-state index in [9.17, 15) is 19.7 Å². The van der Waals surface area contributed by atoms with Crippen LogP contribution in [-0.4, -0.2) is 18.0 Å². The quantitative estimate of drug-likeness (QED) is 0.211. The van der Waals surface area contributed by atoms with Gasteiger partial charge < -0.3 is 13.9 Å². The molecule has 0 unspecified atom stereocenters. The number of nitro benzene ring substituents is 1. The zero-order valence-corrected chi connectivity index (χ0v) is 14.8. The summed E-state index contributed by atoms with van der Waals surface area (Å²) in [5.41, 5.74) is 0.852. The van der Waals surface area contributed by atoms with Crippen molar-refractivity contribution in [1.82, 2.24) is 0 Å². The SMILES string of the molecule is COc1ccc2c(COC(=O)/C=C/c3ccc([N+](=O)[O-])cc3)cc(=O)oc2c1. The molecule has 0 aliphatic carbocycles. The molecule has 3 rings (SSSR count). The van der Waals surface area contributed by atoms with Crippen LogP contribution < -0.4 is 10.4 Å². The molecule has 0 amide bonds. The molecule has 0 atom stereocenters. The van der Waals surface area contributed by atoms with Crippen molar-refractivity contribution < 1.29 is 23.6 Å². The first-order chi connectivity index (χ1) is 13.5. The predicted octanol–water partition coefficient (Wildman–Crippen LogP) is 3.47. The van der Waals surface area contributed by atoms with Gasteiger partial charge in [0.15, 0.2) is 0 Å². The summed E-state index contributed by atoms with van der Waals surface area (Å²) in [6.45, 7) is -0.113. The number of hydrogen-bond donors (Lipinski definition) is 0. The van der Waals surface area contributed by atoms with Crippen LogP contribution in [0.3, 0.4) is 0 Å². The number of methoxy groups -OCH3 is 1. The molecule has 28 heavy (non-hydrogen) atoms. The molecular formula is C20H15NO7. The van der Waals surface area contributed by atoms with Gasteiger partial charge in [0, 0.05) is 41.3 Å². The first-order valence-electron chi connectivity index (χ1n) is 8.16. The second-order valence-corrected chi connectivity index (χ2v) is 5.74. The molecule has 0 aliphatic rings. The zero-order chi connectivity index (χ0) is 20.1. The minimum atomic E-state index is -0.617. The van der Waals surface area contributed by atoms with Gasteiger partial charge in [0.05, 0.1) is 12.0 Å². The number of esters is 1. The van der Waals surface area contributed by atoms with Gasteiger partial charge in [-0.1, -0.05) is 0 Å². The highest BCUT2D eigenvalue weighted by Gasteiger charge is 2.09. The standard InChI is InChI=1S/C20H15NO7/c1-26-16-7-8-17-14(10-20(23)28-18(17)11-16)12-27-19(22)9-4-13-2-5-15(6-3-13)21(24)25/h2-11H,12H2,1H3/b9-4+. The molecule has 8 nitrogen and oxygen atoms in total. The summed E-state index contributed by atoms with van der Waals surface area (Å²) < 4.78 is 15.4. The van der Waals surface area contributed by atoms with Crippen molar-refractivity contribution in [3.05, 3.63) is 86.3 Å². The highest BCUT2D eigenvalue weighted by atomic mass is 16.6. The van der Waals surface area contributed by atoms with Crippen molar-refractivity contribution in [2.75, 3.05) is 7.11 Å². The molecule has 0 fully saturated rings. The van der Waals surface area contributed by atoms with Crippen LogP contribution in [0, 0.1) is 10.1 Å². The lowest BCUT2D eigenvalue weighted by molar-refractivity contribution is -0.384. The van der Waals surface area contributed by atoms with Crippen LogP contribution in [0.1, 0.15) is 11.1 Å². The van der Waals surface area contributed by atoms with Gasteiger partial charge in [-0.05, 0) is 35.9 Å². The largest absolute Gasteiger partial charge is 0.497 e. The Kier molecular flexibility index (Phi) is 5.50. The smallest absolute Gasteiger partial charge is 0.336 e. The molecule has 0 saturated heterocycles. The van der Waals surface area contributed by atoms with E-state index in [2.05, 4.69) is 0 Å². The molecule has 1 heterocycles. The van der Waals surface area contributed by atoms with E-state index in [1.807, 2.05) is 0 Å². The molecule has 2 aromatic carbocycles. The number of rotatable bonds is 6. The summed E-state index contributed by atoms with van der Waals surface area (Å²) in [4.78, 5) is 33.8. The number of carbonyl (C=O) groups excluding carboxylic acids is 1. The molecule has 8 heteroatoms. The van der Waals surface area contributed by atoms with Gasteiger partial charge >= 0.3 is 11.6 Å². The second-order valence-electron chi connectivity index (χ2n) is 5.74. The summed E-state index contributed by atoms with van der Waals surface area (Å²) in [7, 11) is 1.50. The van der Waals surface area contributed by atoms with Crippen molar-refractivity contribution in [2.45, 2.75) is 6.61 Å². The average Bonchev–Trinajstić information content (AvgIpc) is 2.70. The van der Waals surface area contributed by atoms with Gasteiger partial charge in [-0.2, -0.15) is 0 Å². The van der Waals surface area contributed by atoms with Crippen molar-refractivity contribution in [3.63, 3.8) is 0 Å². The van der Waals surface area contributed by atoms with Crippen molar-refractivity contribution in [3.8, 4) is 5.75 Å². The fourth-order valence-electron chi connectivity index (χ4n) is 2.53. The number of nitro groups is 1. The molecule has 0 aliphatic heterocycles. The normalized spacial score (nSPS) is 10.9. The molecule has 0 radical (unpaired) electrons. The minimum absolute atomic E-state index is 0.0360. The van der Waals surface area contributed by atoms with E-state index in [-0.39, 0.29) is 12.3 Å². The van der Waals surface area contributed by atoms with Crippen LogP contribution in [-0.2, 0) is 16.1 Å². The summed E-state index contributed by atoms with van der Waals surface area (Å²) in [6, 6.07) is 12.0. The fraction of sp³-hybridized carbons (Fsp3) is 0.100.